The highest BCUT2D eigenvalue weighted by Crippen LogP contribution is 2.11. The number of carbonyl (C=O) groups is 2. The normalized spacial score (nSPS) is 13.5. The Morgan fingerprint density at radius 2 is 1.83 bits per heavy atom. The molecule has 1 aromatic rings. The smallest absolute Gasteiger partial charge is 0.328 e. The average molecular weight is 252 g/mol. The predicted molar refractivity (Wildman–Crippen MR) is 66.5 cm³/mol. The minimum absolute atomic E-state index is 0.588. The van der Waals surface area contributed by atoms with E-state index in [4.69, 9.17) is 5.11 Å². The van der Waals surface area contributed by atoms with Crippen LogP contribution in [0.25, 0.3) is 0 Å². The summed E-state index contributed by atoms with van der Waals surface area (Å²) >= 11 is 0. The molecule has 0 aliphatic heterocycles. The SMILES string of the molecule is C[C@@H](O)[C@H](NC(=O)N(C)c1ccccc1)C(=O)O. The molecule has 0 saturated carbocycles. The molecule has 1 rings (SSSR count). The molecule has 6 nitrogen and oxygen atoms in total. The van der Waals surface area contributed by atoms with Gasteiger partial charge in [0, 0.05) is 12.7 Å². The van der Waals surface area contributed by atoms with Gasteiger partial charge in [-0.1, -0.05) is 18.2 Å². The molecule has 2 amide bonds. The monoisotopic (exact) mass is 252 g/mol. The molecule has 6 heteroatoms. The Balaban J connectivity index is 2.73. The summed E-state index contributed by atoms with van der Waals surface area (Å²) in [6.07, 6.45) is -1.17. The lowest BCUT2D eigenvalue weighted by molar-refractivity contribution is -0.141. The second-order valence-electron chi connectivity index (χ2n) is 3.90. The number of anilines is 1. The van der Waals surface area contributed by atoms with E-state index in [2.05, 4.69) is 5.32 Å². The number of aliphatic hydroxyl groups excluding tert-OH is 1. The summed E-state index contributed by atoms with van der Waals surface area (Å²) in [4.78, 5) is 23.9. The van der Waals surface area contributed by atoms with Gasteiger partial charge in [0.25, 0.3) is 0 Å². The van der Waals surface area contributed by atoms with Gasteiger partial charge in [0.05, 0.1) is 6.10 Å². The minimum Gasteiger partial charge on any atom is -0.480 e. The number of urea groups is 1. The highest BCUT2D eigenvalue weighted by atomic mass is 16.4. The highest BCUT2D eigenvalue weighted by molar-refractivity contribution is 5.94. The summed E-state index contributed by atoms with van der Waals surface area (Å²) in [6.45, 7) is 1.31. The molecule has 0 heterocycles. The van der Waals surface area contributed by atoms with Crippen LogP contribution in [0.5, 0.6) is 0 Å². The number of carboxylic acids is 1. The summed E-state index contributed by atoms with van der Waals surface area (Å²) in [7, 11) is 1.52. The molecular weight excluding hydrogens is 236 g/mol. The van der Waals surface area contributed by atoms with E-state index in [-0.39, 0.29) is 0 Å². The maximum Gasteiger partial charge on any atom is 0.328 e. The molecule has 1 aromatic carbocycles. The number of nitrogens with zero attached hydrogens (tertiary/aromatic N) is 1. The summed E-state index contributed by atoms with van der Waals surface area (Å²) in [5, 5.41) is 20.4. The maximum absolute atomic E-state index is 11.8. The van der Waals surface area contributed by atoms with Crippen LogP contribution in [0, 0.1) is 0 Å². The fourth-order valence-electron chi connectivity index (χ4n) is 1.39. The van der Waals surface area contributed by atoms with Gasteiger partial charge in [0.2, 0.25) is 0 Å². The van der Waals surface area contributed by atoms with Crippen molar-refractivity contribution in [2.75, 3.05) is 11.9 Å². The number of carboxylic acid groups (broad SMARTS) is 1. The molecule has 0 unspecified atom stereocenters. The minimum atomic E-state index is -1.33. The third-order valence-electron chi connectivity index (χ3n) is 2.48. The van der Waals surface area contributed by atoms with Crippen LogP contribution in [-0.2, 0) is 4.79 Å². The molecule has 0 fully saturated rings. The van der Waals surface area contributed by atoms with Crippen molar-refractivity contribution in [1.82, 2.24) is 5.32 Å². The number of nitrogens with one attached hydrogen (secondary N) is 1. The fraction of sp³-hybridized carbons (Fsp3) is 0.333. The van der Waals surface area contributed by atoms with E-state index < -0.39 is 24.1 Å². The zero-order valence-electron chi connectivity index (χ0n) is 10.2. The molecule has 0 bridgehead atoms. The van der Waals surface area contributed by atoms with Crippen LogP contribution in [0.4, 0.5) is 10.5 Å². The quantitative estimate of drug-likeness (QED) is 0.734. The van der Waals surface area contributed by atoms with Gasteiger partial charge in [0.15, 0.2) is 6.04 Å². The zero-order chi connectivity index (χ0) is 13.7. The maximum atomic E-state index is 11.8. The van der Waals surface area contributed by atoms with Gasteiger partial charge in [-0.15, -0.1) is 0 Å². The first-order valence-electron chi connectivity index (χ1n) is 5.43. The number of aliphatic carboxylic acids is 1. The van der Waals surface area contributed by atoms with E-state index in [9.17, 15) is 14.7 Å². The van der Waals surface area contributed by atoms with Gasteiger partial charge in [-0.05, 0) is 19.1 Å². The van der Waals surface area contributed by atoms with E-state index >= 15 is 0 Å². The second kappa shape index (κ2) is 6.02. The molecular formula is C12H16N2O4. The van der Waals surface area contributed by atoms with Crippen molar-refractivity contribution in [3.05, 3.63) is 30.3 Å². The number of para-hydroxylation sites is 1. The van der Waals surface area contributed by atoms with Gasteiger partial charge in [0.1, 0.15) is 0 Å². The van der Waals surface area contributed by atoms with Gasteiger partial charge in [-0.3, -0.25) is 4.90 Å². The van der Waals surface area contributed by atoms with Crippen molar-refractivity contribution in [1.29, 1.82) is 0 Å². The van der Waals surface area contributed by atoms with E-state index in [1.54, 1.807) is 24.3 Å². The first-order chi connectivity index (χ1) is 8.43. The first-order valence-corrected chi connectivity index (χ1v) is 5.43. The summed E-state index contributed by atoms with van der Waals surface area (Å²) in [6, 6.07) is 6.86. The Labute approximate surface area is 105 Å². The Morgan fingerprint density at radius 3 is 2.28 bits per heavy atom. The summed E-state index contributed by atoms with van der Waals surface area (Å²) < 4.78 is 0. The van der Waals surface area contributed by atoms with Gasteiger partial charge >= 0.3 is 12.0 Å². The Bertz CT molecular complexity index is 419. The van der Waals surface area contributed by atoms with Crippen LogP contribution in [-0.4, -0.2) is 41.4 Å². The number of hydrogen-bond donors (Lipinski definition) is 3. The van der Waals surface area contributed by atoms with Crippen molar-refractivity contribution in [2.24, 2.45) is 0 Å². The lowest BCUT2D eigenvalue weighted by Gasteiger charge is -2.22. The summed E-state index contributed by atoms with van der Waals surface area (Å²) in [5.41, 5.74) is 0.629. The fourth-order valence-corrected chi connectivity index (χ4v) is 1.39. The number of rotatable bonds is 4. The lowest BCUT2D eigenvalue weighted by atomic mass is 10.2. The lowest BCUT2D eigenvalue weighted by Crippen LogP contribution is -2.51. The van der Waals surface area contributed by atoms with Gasteiger partial charge in [-0.2, -0.15) is 0 Å². The number of amides is 2. The third-order valence-corrected chi connectivity index (χ3v) is 2.48. The van der Waals surface area contributed by atoms with E-state index in [0.29, 0.717) is 5.69 Å². The Kier molecular flexibility index (Phi) is 4.67. The van der Waals surface area contributed by atoms with Crippen molar-refractivity contribution in [3.8, 4) is 0 Å². The van der Waals surface area contributed by atoms with E-state index in [1.165, 1.54) is 18.9 Å². The predicted octanol–water partition coefficient (Wildman–Crippen LogP) is 0.666. The third kappa shape index (κ3) is 3.46. The van der Waals surface area contributed by atoms with E-state index in [0.717, 1.165) is 0 Å². The van der Waals surface area contributed by atoms with Gasteiger partial charge in [-0.25, -0.2) is 9.59 Å². The van der Waals surface area contributed by atoms with Crippen LogP contribution >= 0.6 is 0 Å². The van der Waals surface area contributed by atoms with Gasteiger partial charge < -0.3 is 15.5 Å². The van der Waals surface area contributed by atoms with Crippen molar-refractivity contribution in [3.63, 3.8) is 0 Å². The van der Waals surface area contributed by atoms with E-state index in [1.807, 2.05) is 6.07 Å². The summed E-state index contributed by atoms with van der Waals surface area (Å²) in [5.74, 6) is -1.28. The van der Waals surface area contributed by atoms with Crippen LogP contribution in [0.15, 0.2) is 30.3 Å². The standard InChI is InChI=1S/C12H16N2O4/c1-8(15)10(11(16)17)13-12(18)14(2)9-6-4-3-5-7-9/h3-8,10,15H,1-2H3,(H,13,18)(H,16,17)/t8-,10+/m1/s1. The molecule has 18 heavy (non-hydrogen) atoms. The Morgan fingerprint density at radius 1 is 1.28 bits per heavy atom. The molecule has 2 atom stereocenters. The topological polar surface area (TPSA) is 89.9 Å². The van der Waals surface area contributed by atoms with Crippen LogP contribution in [0.1, 0.15) is 6.92 Å². The van der Waals surface area contributed by atoms with Crippen molar-refractivity contribution >= 4 is 17.7 Å². The number of benzene rings is 1. The number of hydrogen-bond acceptors (Lipinski definition) is 3. The van der Waals surface area contributed by atoms with Crippen LogP contribution < -0.4 is 10.2 Å². The second-order valence-corrected chi connectivity index (χ2v) is 3.90. The van der Waals surface area contributed by atoms with Crippen molar-refractivity contribution in [2.45, 2.75) is 19.1 Å². The highest BCUT2D eigenvalue weighted by Gasteiger charge is 2.26. The zero-order valence-corrected chi connectivity index (χ0v) is 10.2. The number of aliphatic hydroxyl groups is 1. The first kappa shape index (κ1) is 14.0. The molecule has 0 spiro atoms. The van der Waals surface area contributed by atoms with Crippen molar-refractivity contribution < 1.29 is 19.8 Å². The molecule has 0 aliphatic rings. The number of carbonyl (C=O) groups excluding carboxylic acids is 1. The molecule has 0 aromatic heterocycles. The largest absolute Gasteiger partial charge is 0.480 e. The molecule has 98 valence electrons. The van der Waals surface area contributed by atoms with Crippen LogP contribution in [0.2, 0.25) is 0 Å². The Hall–Kier alpha value is -2.08. The average Bonchev–Trinajstić information content (AvgIpc) is 2.35. The molecule has 0 aliphatic carbocycles. The molecule has 0 radical (unpaired) electrons. The van der Waals surface area contributed by atoms with Crippen LogP contribution in [0.3, 0.4) is 0 Å². The molecule has 0 saturated heterocycles. The molecule has 3 N–H and O–H groups in total.